The smallest absolute Gasteiger partial charge is 0.335 e. The van der Waals surface area contributed by atoms with Crippen LogP contribution in [0.2, 0.25) is 0 Å². The molecular weight excluding hydrogens is 458 g/mol. The van der Waals surface area contributed by atoms with Crippen molar-refractivity contribution in [2.45, 2.75) is 6.92 Å². The summed E-state index contributed by atoms with van der Waals surface area (Å²) in [4.78, 5) is 36.8. The molecule has 0 amide bonds. The van der Waals surface area contributed by atoms with Gasteiger partial charge in [0.1, 0.15) is 0 Å². The first-order valence-corrected chi connectivity index (χ1v) is 11.4. The second-order valence-corrected chi connectivity index (χ2v) is 8.78. The van der Waals surface area contributed by atoms with Gasteiger partial charge in [0.05, 0.1) is 23.5 Å². The summed E-state index contributed by atoms with van der Waals surface area (Å²) in [5.41, 5.74) is -0.368. The van der Waals surface area contributed by atoms with Crippen molar-refractivity contribution < 1.29 is 33.3 Å². The summed E-state index contributed by atoms with van der Waals surface area (Å²) in [7, 11) is -1.74. The maximum atomic E-state index is 11.6. The molecule has 0 saturated heterocycles. The molecule has 0 atom stereocenters. The van der Waals surface area contributed by atoms with E-state index in [1.807, 2.05) is 0 Å². The second kappa shape index (κ2) is 11.3. The lowest BCUT2D eigenvalue weighted by Crippen LogP contribution is -2.34. The Labute approximate surface area is 189 Å². The van der Waals surface area contributed by atoms with E-state index in [4.69, 9.17) is 5.11 Å². The van der Waals surface area contributed by atoms with Gasteiger partial charge >= 0.3 is 11.9 Å². The predicted molar refractivity (Wildman–Crippen MR) is 120 cm³/mol. The Morgan fingerprint density at radius 1 is 1.00 bits per heavy atom. The van der Waals surface area contributed by atoms with Crippen LogP contribution in [0.1, 0.15) is 27.6 Å². The number of carboxylic acids is 2. The highest BCUT2D eigenvalue weighted by molar-refractivity contribution is 7.89. The number of sulfonamides is 1. The van der Waals surface area contributed by atoms with E-state index in [-0.39, 0.29) is 66.7 Å². The van der Waals surface area contributed by atoms with Crippen molar-refractivity contribution in [3.63, 3.8) is 0 Å². The molecular formula is C18H25N7O7S. The molecule has 33 heavy (non-hydrogen) atoms. The number of carboxylic acid groups (broad SMARTS) is 2. The van der Waals surface area contributed by atoms with E-state index in [0.717, 1.165) is 6.07 Å². The minimum absolute atomic E-state index is 0.0275. The van der Waals surface area contributed by atoms with Gasteiger partial charge in [0.2, 0.25) is 27.9 Å². The Morgan fingerprint density at radius 2 is 1.61 bits per heavy atom. The lowest BCUT2D eigenvalue weighted by Gasteiger charge is -2.19. The van der Waals surface area contributed by atoms with Crippen LogP contribution in [0.15, 0.2) is 18.2 Å². The lowest BCUT2D eigenvalue weighted by atomic mass is 10.1. The molecule has 2 rings (SSSR count). The van der Waals surface area contributed by atoms with E-state index in [1.165, 1.54) is 19.1 Å². The molecule has 0 unspecified atom stereocenters. The molecule has 1 aromatic heterocycles. The van der Waals surface area contributed by atoms with Gasteiger partial charge in [-0.15, -0.1) is 0 Å². The maximum absolute atomic E-state index is 11.6. The molecule has 0 fully saturated rings. The Hall–Kier alpha value is -3.56. The number of aromatic carboxylic acids is 2. The van der Waals surface area contributed by atoms with E-state index in [9.17, 15) is 28.2 Å². The third kappa shape index (κ3) is 7.81. The maximum Gasteiger partial charge on any atom is 0.335 e. The van der Waals surface area contributed by atoms with Crippen molar-refractivity contribution in [3.05, 3.63) is 29.3 Å². The van der Waals surface area contributed by atoms with Crippen molar-refractivity contribution in [2.24, 2.45) is 0 Å². The fourth-order valence-corrected chi connectivity index (χ4v) is 3.09. The summed E-state index contributed by atoms with van der Waals surface area (Å²) in [5, 5.41) is 33.1. The molecule has 0 bridgehead atoms. The number of aliphatic hydroxyl groups is 1. The van der Waals surface area contributed by atoms with Gasteiger partial charge < -0.3 is 30.9 Å². The molecule has 2 aromatic rings. The van der Waals surface area contributed by atoms with Crippen LogP contribution < -0.4 is 20.3 Å². The number of nitrogens with zero attached hydrogens (tertiary/aromatic N) is 4. The van der Waals surface area contributed by atoms with Gasteiger partial charge in [-0.1, -0.05) is 0 Å². The molecule has 180 valence electrons. The summed E-state index contributed by atoms with van der Waals surface area (Å²) >= 11 is 0. The fraction of sp³-hybridized carbons (Fsp3) is 0.389. The zero-order chi connectivity index (χ0) is 24.6. The lowest BCUT2D eigenvalue weighted by molar-refractivity contribution is 0.0696. The van der Waals surface area contributed by atoms with Gasteiger partial charge in [-0.2, -0.15) is 15.0 Å². The Balaban J connectivity index is 2.33. The van der Waals surface area contributed by atoms with Gasteiger partial charge in [0, 0.05) is 32.4 Å². The number of aromatic nitrogens is 3. The molecule has 6 N–H and O–H groups in total. The van der Waals surface area contributed by atoms with E-state index in [0.29, 0.717) is 0 Å². The van der Waals surface area contributed by atoms with Gasteiger partial charge in [0.25, 0.3) is 0 Å². The molecule has 1 heterocycles. The minimum atomic E-state index is -3.37. The van der Waals surface area contributed by atoms with Crippen molar-refractivity contribution in [1.82, 2.24) is 19.7 Å². The first-order valence-electron chi connectivity index (χ1n) is 9.72. The monoisotopic (exact) mass is 483 g/mol. The van der Waals surface area contributed by atoms with Crippen LogP contribution in [0.4, 0.5) is 23.5 Å². The molecule has 14 nitrogen and oxygen atoms in total. The summed E-state index contributed by atoms with van der Waals surface area (Å²) in [6, 6.07) is 3.47. The molecule has 0 radical (unpaired) electrons. The Bertz CT molecular complexity index is 1080. The summed E-state index contributed by atoms with van der Waals surface area (Å²) in [6.07, 6.45) is 0. The third-order valence-electron chi connectivity index (χ3n) is 4.19. The number of nitrogens with one attached hydrogen (secondary N) is 3. The fourth-order valence-electron chi connectivity index (χ4n) is 2.48. The standard InChI is InChI=1S/C18H25N7O7S/c1-3-33(31,32)20-4-6-25(2)18-23-16(19-5-7-26)22-17(24-18)21-13-9-11(14(27)28)8-12(10-13)15(29)30/h8-10,20,26H,3-7H2,1-2H3,(H,27,28)(H,29,30)(H2,19,21,22,23,24). The summed E-state index contributed by atoms with van der Waals surface area (Å²) < 4.78 is 25.6. The number of carbonyl (C=O) groups is 2. The van der Waals surface area contributed by atoms with E-state index in [1.54, 1.807) is 11.9 Å². The zero-order valence-electron chi connectivity index (χ0n) is 17.9. The molecule has 0 saturated carbocycles. The van der Waals surface area contributed by atoms with Crippen molar-refractivity contribution in [3.8, 4) is 0 Å². The molecule has 1 aromatic carbocycles. The molecule has 0 aliphatic heterocycles. The molecule has 0 aliphatic carbocycles. The second-order valence-electron chi connectivity index (χ2n) is 6.69. The predicted octanol–water partition coefficient (Wildman–Crippen LogP) is -0.209. The zero-order valence-corrected chi connectivity index (χ0v) is 18.8. The number of anilines is 4. The number of hydrogen-bond donors (Lipinski definition) is 6. The van der Waals surface area contributed by atoms with Crippen LogP contribution in [-0.4, -0.2) is 89.7 Å². The van der Waals surface area contributed by atoms with Crippen LogP contribution >= 0.6 is 0 Å². The van der Waals surface area contributed by atoms with E-state index >= 15 is 0 Å². The number of benzene rings is 1. The van der Waals surface area contributed by atoms with Crippen LogP contribution in [0.25, 0.3) is 0 Å². The van der Waals surface area contributed by atoms with E-state index < -0.39 is 22.0 Å². The summed E-state index contributed by atoms with van der Waals surface area (Å²) in [6.45, 7) is 1.79. The van der Waals surface area contributed by atoms with Gasteiger partial charge in [-0.25, -0.2) is 22.7 Å². The number of rotatable bonds is 13. The highest BCUT2D eigenvalue weighted by Gasteiger charge is 2.15. The van der Waals surface area contributed by atoms with Crippen molar-refractivity contribution in [2.75, 3.05) is 54.6 Å². The molecule has 0 spiro atoms. The number of likely N-dealkylation sites (N-methyl/N-ethyl adjacent to an activating group) is 1. The van der Waals surface area contributed by atoms with Crippen LogP contribution in [0.5, 0.6) is 0 Å². The highest BCUT2D eigenvalue weighted by atomic mass is 32.2. The van der Waals surface area contributed by atoms with Crippen molar-refractivity contribution >= 4 is 45.5 Å². The first kappa shape index (κ1) is 25.7. The largest absolute Gasteiger partial charge is 0.478 e. The molecule has 15 heteroatoms. The van der Waals surface area contributed by atoms with Crippen LogP contribution in [0, 0.1) is 0 Å². The van der Waals surface area contributed by atoms with Gasteiger partial charge in [-0.3, -0.25) is 0 Å². The average Bonchev–Trinajstić information content (AvgIpc) is 2.77. The number of hydrogen-bond acceptors (Lipinski definition) is 11. The topological polar surface area (TPSA) is 207 Å². The van der Waals surface area contributed by atoms with E-state index in [2.05, 4.69) is 30.3 Å². The molecule has 0 aliphatic rings. The van der Waals surface area contributed by atoms with Gasteiger partial charge in [0.15, 0.2) is 0 Å². The average molecular weight is 484 g/mol. The normalized spacial score (nSPS) is 11.1. The quantitative estimate of drug-likeness (QED) is 0.218. The van der Waals surface area contributed by atoms with Gasteiger partial charge in [-0.05, 0) is 25.1 Å². The van der Waals surface area contributed by atoms with Crippen LogP contribution in [0.3, 0.4) is 0 Å². The number of aliphatic hydroxyl groups excluding tert-OH is 1. The van der Waals surface area contributed by atoms with Crippen LogP contribution in [-0.2, 0) is 10.0 Å². The minimum Gasteiger partial charge on any atom is -0.478 e. The Morgan fingerprint density at radius 3 is 2.15 bits per heavy atom. The summed E-state index contributed by atoms with van der Waals surface area (Å²) in [5.74, 6) is -2.46. The first-order chi connectivity index (χ1) is 15.5. The van der Waals surface area contributed by atoms with Crippen molar-refractivity contribution in [1.29, 1.82) is 0 Å². The SMILES string of the molecule is CCS(=O)(=O)NCCN(C)c1nc(NCCO)nc(Nc2cc(C(=O)O)cc(C(=O)O)c2)n1. The highest BCUT2D eigenvalue weighted by Crippen LogP contribution is 2.21. The Kier molecular flexibility index (Phi) is 8.84. The third-order valence-corrected chi connectivity index (χ3v) is 5.60.